The van der Waals surface area contributed by atoms with Crippen LogP contribution in [0.2, 0.25) is 0 Å². The summed E-state index contributed by atoms with van der Waals surface area (Å²) in [5.41, 5.74) is 0. The molecule has 0 N–H and O–H groups in total. The van der Waals surface area contributed by atoms with Gasteiger partial charge >= 0.3 is 23.9 Å². The Morgan fingerprint density at radius 3 is 1.26 bits per heavy atom. The number of carbonyl (C=O) groups excluding carboxylic acids is 4. The van der Waals surface area contributed by atoms with Gasteiger partial charge in [0.1, 0.15) is 0 Å². The van der Waals surface area contributed by atoms with Gasteiger partial charge in [-0.15, -0.1) is 0 Å². The molecule has 1 aliphatic carbocycles. The largest absolute Gasteiger partial charge is 0.349 e. The van der Waals surface area contributed by atoms with Gasteiger partial charge in [0.15, 0.2) is 0 Å². The predicted octanol–water partition coefficient (Wildman–Crippen LogP) is 5.09. The summed E-state index contributed by atoms with van der Waals surface area (Å²) in [5.74, 6) is -4.04. The molecule has 0 radical (unpaired) electrons. The van der Waals surface area contributed by atoms with Crippen molar-refractivity contribution in [1.82, 2.24) is 0 Å². The SMILES string of the molecule is CCCCC(CC)C(=O)OOOC(=O)C1CCC(C(=O)OOOC(=O)C(CC)CCCC)CC1. The van der Waals surface area contributed by atoms with Crippen molar-refractivity contribution in [1.29, 1.82) is 0 Å². The number of carbonyl (C=O) groups is 4. The van der Waals surface area contributed by atoms with E-state index in [2.05, 4.69) is 29.6 Å². The van der Waals surface area contributed by atoms with E-state index >= 15 is 0 Å². The predicted molar refractivity (Wildman–Crippen MR) is 119 cm³/mol. The van der Waals surface area contributed by atoms with Gasteiger partial charge in [-0.3, -0.25) is 19.6 Å². The van der Waals surface area contributed by atoms with Gasteiger partial charge in [-0.2, -0.15) is 0 Å². The van der Waals surface area contributed by atoms with Crippen LogP contribution >= 0.6 is 0 Å². The fourth-order valence-corrected chi connectivity index (χ4v) is 3.88. The van der Waals surface area contributed by atoms with Crippen LogP contribution in [0.4, 0.5) is 0 Å². The van der Waals surface area contributed by atoms with Crippen molar-refractivity contribution in [2.75, 3.05) is 0 Å². The fourth-order valence-electron chi connectivity index (χ4n) is 3.88. The average Bonchev–Trinajstić information content (AvgIpc) is 2.84. The van der Waals surface area contributed by atoms with Gasteiger partial charge in [-0.25, -0.2) is 19.2 Å². The molecule has 0 aromatic carbocycles. The van der Waals surface area contributed by atoms with Crippen molar-refractivity contribution < 1.29 is 48.8 Å². The first-order valence-electron chi connectivity index (χ1n) is 12.5. The molecule has 1 saturated carbocycles. The number of hydrogen-bond donors (Lipinski definition) is 0. The molecule has 2 unspecified atom stereocenters. The van der Waals surface area contributed by atoms with E-state index < -0.39 is 35.7 Å². The molecule has 0 amide bonds. The summed E-state index contributed by atoms with van der Waals surface area (Å²) in [4.78, 5) is 66.6. The summed E-state index contributed by atoms with van der Waals surface area (Å²) in [6.45, 7) is 7.82. The summed E-state index contributed by atoms with van der Waals surface area (Å²) in [6, 6.07) is 0. The van der Waals surface area contributed by atoms with E-state index in [-0.39, 0.29) is 11.8 Å². The lowest BCUT2D eigenvalue weighted by Crippen LogP contribution is -2.29. The van der Waals surface area contributed by atoms with Crippen LogP contribution in [0.5, 0.6) is 0 Å². The monoisotopic (exact) mass is 488 g/mol. The summed E-state index contributed by atoms with van der Waals surface area (Å²) >= 11 is 0. The second-order valence-corrected chi connectivity index (χ2v) is 8.79. The molecule has 196 valence electrons. The maximum absolute atomic E-state index is 12.1. The lowest BCUT2D eigenvalue weighted by Gasteiger charge is -2.24. The zero-order valence-electron chi connectivity index (χ0n) is 20.9. The molecule has 0 saturated heterocycles. The van der Waals surface area contributed by atoms with Crippen molar-refractivity contribution in [3.63, 3.8) is 0 Å². The van der Waals surface area contributed by atoms with Crippen LogP contribution < -0.4 is 0 Å². The highest BCUT2D eigenvalue weighted by Crippen LogP contribution is 2.30. The zero-order chi connectivity index (χ0) is 25.3. The van der Waals surface area contributed by atoms with E-state index in [1.807, 2.05) is 27.7 Å². The van der Waals surface area contributed by atoms with Gasteiger partial charge in [0.25, 0.3) is 0 Å². The molecule has 10 nitrogen and oxygen atoms in total. The fraction of sp³-hybridized carbons (Fsp3) is 0.833. The minimum Gasteiger partial charge on any atom is -0.259 e. The van der Waals surface area contributed by atoms with Gasteiger partial charge in [0, 0.05) is 10.1 Å². The van der Waals surface area contributed by atoms with E-state index in [9.17, 15) is 19.2 Å². The molecule has 2 atom stereocenters. The molecular formula is C24H40O10. The molecule has 0 spiro atoms. The number of unbranched alkanes of at least 4 members (excludes halogenated alkanes) is 2. The summed E-state index contributed by atoms with van der Waals surface area (Å²) in [7, 11) is 0. The van der Waals surface area contributed by atoms with E-state index in [4.69, 9.17) is 0 Å². The molecule has 10 heteroatoms. The molecule has 0 bridgehead atoms. The molecular weight excluding hydrogens is 448 g/mol. The minimum atomic E-state index is -0.663. The summed E-state index contributed by atoms with van der Waals surface area (Å²) < 4.78 is 0. The Bertz CT molecular complexity index is 573. The molecule has 1 fully saturated rings. The first kappa shape index (κ1) is 29.8. The Labute approximate surface area is 201 Å². The van der Waals surface area contributed by atoms with Gasteiger partial charge in [0.2, 0.25) is 0 Å². The molecule has 0 aliphatic heterocycles. The van der Waals surface area contributed by atoms with E-state index in [1.165, 1.54) is 0 Å². The second-order valence-electron chi connectivity index (χ2n) is 8.79. The lowest BCUT2D eigenvalue weighted by molar-refractivity contribution is -0.463. The quantitative estimate of drug-likeness (QED) is 0.214. The van der Waals surface area contributed by atoms with Gasteiger partial charge < -0.3 is 0 Å². The third-order valence-corrected chi connectivity index (χ3v) is 6.32. The molecule has 34 heavy (non-hydrogen) atoms. The van der Waals surface area contributed by atoms with E-state index in [0.717, 1.165) is 25.7 Å². The van der Waals surface area contributed by atoms with Crippen molar-refractivity contribution in [2.24, 2.45) is 23.7 Å². The number of rotatable bonds is 16. The van der Waals surface area contributed by atoms with Gasteiger partial charge in [0.05, 0.1) is 23.7 Å². The summed E-state index contributed by atoms with van der Waals surface area (Å²) in [6.07, 6.45) is 7.74. The standard InChI is InChI=1S/C24H40O10/c1-5-9-11-17(7-3)21(25)29-33-31-23(27)19-13-15-20(16-14-19)24(28)32-34-30-22(26)18(8-4)12-10-6-2/h17-20H,5-16H2,1-4H3. The van der Waals surface area contributed by atoms with Crippen LogP contribution in [-0.4, -0.2) is 23.9 Å². The van der Waals surface area contributed by atoms with Crippen LogP contribution in [0.3, 0.4) is 0 Å². The van der Waals surface area contributed by atoms with Crippen LogP contribution in [-0.2, 0) is 48.8 Å². The highest BCUT2D eigenvalue weighted by molar-refractivity contribution is 5.75. The highest BCUT2D eigenvalue weighted by Gasteiger charge is 2.33. The molecule has 0 aromatic rings. The van der Waals surface area contributed by atoms with Gasteiger partial charge in [-0.05, 0) is 51.4 Å². The van der Waals surface area contributed by atoms with Crippen LogP contribution in [0.25, 0.3) is 0 Å². The Morgan fingerprint density at radius 2 is 0.971 bits per heavy atom. The third kappa shape index (κ3) is 10.8. The average molecular weight is 489 g/mol. The smallest absolute Gasteiger partial charge is 0.259 e. The van der Waals surface area contributed by atoms with Gasteiger partial charge in [-0.1, -0.05) is 53.4 Å². The summed E-state index contributed by atoms with van der Waals surface area (Å²) in [5, 5.41) is 8.83. The minimum absolute atomic E-state index is 0.300. The maximum Gasteiger partial charge on any atom is 0.349 e. The van der Waals surface area contributed by atoms with Crippen molar-refractivity contribution in [3.05, 3.63) is 0 Å². The maximum atomic E-state index is 12.1. The molecule has 0 heterocycles. The normalized spacial score (nSPS) is 19.5. The zero-order valence-corrected chi connectivity index (χ0v) is 20.9. The van der Waals surface area contributed by atoms with E-state index in [0.29, 0.717) is 51.4 Å². The Kier molecular flexibility index (Phi) is 15.1. The van der Waals surface area contributed by atoms with Crippen molar-refractivity contribution in [3.8, 4) is 0 Å². The Hall–Kier alpha value is -2.20. The number of hydrogen-bond acceptors (Lipinski definition) is 10. The third-order valence-electron chi connectivity index (χ3n) is 6.32. The Balaban J connectivity index is 2.27. The van der Waals surface area contributed by atoms with Crippen molar-refractivity contribution >= 4 is 23.9 Å². The Morgan fingerprint density at radius 1 is 0.618 bits per heavy atom. The van der Waals surface area contributed by atoms with Crippen molar-refractivity contribution in [2.45, 2.75) is 105 Å². The first-order chi connectivity index (χ1) is 16.4. The molecule has 1 rings (SSSR count). The second kappa shape index (κ2) is 17.3. The van der Waals surface area contributed by atoms with E-state index in [1.54, 1.807) is 0 Å². The molecule has 1 aliphatic rings. The first-order valence-corrected chi connectivity index (χ1v) is 12.5. The molecule has 0 aromatic heterocycles. The topological polar surface area (TPSA) is 124 Å². The lowest BCUT2D eigenvalue weighted by atomic mass is 9.82. The van der Waals surface area contributed by atoms with Crippen LogP contribution in [0.1, 0.15) is 105 Å². The van der Waals surface area contributed by atoms with Crippen LogP contribution in [0.15, 0.2) is 0 Å². The highest BCUT2D eigenvalue weighted by atomic mass is 17.5. The van der Waals surface area contributed by atoms with Crippen LogP contribution in [0, 0.1) is 23.7 Å².